The minimum atomic E-state index is -1.41. The lowest BCUT2D eigenvalue weighted by Crippen LogP contribution is -2.43. The number of aliphatic hydroxyl groups is 4. The van der Waals surface area contributed by atoms with Gasteiger partial charge in [0, 0.05) is 30.8 Å². The van der Waals surface area contributed by atoms with E-state index in [0.29, 0.717) is 25.1 Å². The highest BCUT2D eigenvalue weighted by Gasteiger charge is 2.35. The molecule has 0 bridgehead atoms. The molecule has 1 saturated heterocycles. The fraction of sp³-hybridized carbons (Fsp3) is 0.591. The average Bonchev–Trinajstić information content (AvgIpc) is 3.20. The molecule has 0 aliphatic carbocycles. The van der Waals surface area contributed by atoms with Crippen LogP contribution in [0.15, 0.2) is 28.8 Å². The summed E-state index contributed by atoms with van der Waals surface area (Å²) in [6.45, 7) is 0.522. The molecule has 8 nitrogen and oxygen atoms in total. The maximum absolute atomic E-state index is 14.1. The molecule has 1 aliphatic heterocycles. The topological polar surface area (TPSA) is 119 Å². The van der Waals surface area contributed by atoms with Crippen molar-refractivity contribution in [3.8, 4) is 11.3 Å². The van der Waals surface area contributed by atoms with E-state index in [0.717, 1.165) is 18.2 Å². The SMILES string of the molecule is O[C@H]1[C@H](O)[C@@H](O)CN(CCCCC(F)COCc2cc(-c3cc(F)cc(F)c3)on2)C[C@@H]1O. The van der Waals surface area contributed by atoms with Crippen molar-refractivity contribution in [3.63, 3.8) is 0 Å². The highest BCUT2D eigenvalue weighted by Crippen LogP contribution is 2.23. The molecule has 0 radical (unpaired) electrons. The minimum Gasteiger partial charge on any atom is -0.389 e. The van der Waals surface area contributed by atoms with E-state index in [1.54, 1.807) is 4.90 Å². The predicted octanol–water partition coefficient (Wildman–Crippen LogP) is 1.40. The summed E-state index contributed by atoms with van der Waals surface area (Å²) in [7, 11) is 0. The Morgan fingerprint density at radius 2 is 1.64 bits per heavy atom. The number of rotatable bonds is 10. The zero-order valence-electron chi connectivity index (χ0n) is 18.0. The van der Waals surface area contributed by atoms with Crippen molar-refractivity contribution >= 4 is 0 Å². The molecular weight excluding hydrogens is 445 g/mol. The predicted molar refractivity (Wildman–Crippen MR) is 111 cm³/mol. The Balaban J connectivity index is 1.33. The molecule has 1 aliphatic rings. The number of hydrogen-bond donors (Lipinski definition) is 4. The number of alkyl halides is 1. The molecule has 0 saturated carbocycles. The number of halogens is 3. The molecule has 0 spiro atoms. The van der Waals surface area contributed by atoms with E-state index in [9.17, 15) is 33.6 Å². The third-order valence-corrected chi connectivity index (χ3v) is 5.53. The van der Waals surface area contributed by atoms with E-state index in [4.69, 9.17) is 9.26 Å². The molecule has 1 unspecified atom stereocenters. The van der Waals surface area contributed by atoms with Crippen LogP contribution in [0.1, 0.15) is 25.0 Å². The van der Waals surface area contributed by atoms with Crippen molar-refractivity contribution in [2.45, 2.75) is 56.5 Å². The number of β-amino-alcohol motifs (C(OH)–C–C–N with tert-alkyl or cyclic N) is 2. The summed E-state index contributed by atoms with van der Waals surface area (Å²) < 4.78 is 51.1. The van der Waals surface area contributed by atoms with Gasteiger partial charge in [-0.15, -0.1) is 0 Å². The van der Waals surface area contributed by atoms with E-state index in [1.165, 1.54) is 6.07 Å². The van der Waals surface area contributed by atoms with Gasteiger partial charge in [-0.3, -0.25) is 4.90 Å². The maximum Gasteiger partial charge on any atom is 0.167 e. The van der Waals surface area contributed by atoms with E-state index in [1.807, 2.05) is 0 Å². The molecule has 1 aromatic heterocycles. The van der Waals surface area contributed by atoms with Gasteiger partial charge in [0.15, 0.2) is 5.76 Å². The lowest BCUT2D eigenvalue weighted by atomic mass is 10.1. The lowest BCUT2D eigenvalue weighted by Gasteiger charge is -2.23. The highest BCUT2D eigenvalue weighted by atomic mass is 19.1. The second-order valence-electron chi connectivity index (χ2n) is 8.32. The number of hydrogen-bond acceptors (Lipinski definition) is 8. The Kier molecular flexibility index (Phi) is 9.24. The third kappa shape index (κ3) is 7.49. The van der Waals surface area contributed by atoms with Crippen molar-refractivity contribution in [2.24, 2.45) is 0 Å². The van der Waals surface area contributed by atoms with Gasteiger partial charge in [0.1, 0.15) is 35.7 Å². The Morgan fingerprint density at radius 1 is 1.00 bits per heavy atom. The minimum absolute atomic E-state index is 0.0179. The summed E-state index contributed by atoms with van der Waals surface area (Å²) in [4.78, 5) is 1.73. The molecule has 11 heteroatoms. The van der Waals surface area contributed by atoms with Crippen LogP contribution in [0.5, 0.6) is 0 Å². The first kappa shape index (κ1) is 25.6. The van der Waals surface area contributed by atoms with Crippen LogP contribution in [0.25, 0.3) is 11.3 Å². The number of aromatic nitrogens is 1. The number of ether oxygens (including phenoxy) is 1. The number of likely N-dealkylation sites (tertiary alicyclic amines) is 1. The molecule has 2 aromatic rings. The number of unbranched alkanes of at least 4 members (excludes halogenated alkanes) is 1. The van der Waals surface area contributed by atoms with E-state index in [2.05, 4.69) is 5.16 Å². The molecule has 1 fully saturated rings. The normalized spacial score (nSPS) is 25.2. The van der Waals surface area contributed by atoms with Gasteiger partial charge in [-0.05, 0) is 37.9 Å². The van der Waals surface area contributed by atoms with Gasteiger partial charge in [-0.2, -0.15) is 0 Å². The molecule has 2 heterocycles. The van der Waals surface area contributed by atoms with Crippen LogP contribution >= 0.6 is 0 Å². The van der Waals surface area contributed by atoms with Gasteiger partial charge in [0.2, 0.25) is 0 Å². The van der Waals surface area contributed by atoms with Crippen molar-refractivity contribution < 1.29 is 42.9 Å². The summed E-state index contributed by atoms with van der Waals surface area (Å²) in [6, 6.07) is 4.45. The van der Waals surface area contributed by atoms with Gasteiger partial charge in [0.25, 0.3) is 0 Å². The highest BCUT2D eigenvalue weighted by molar-refractivity contribution is 5.57. The van der Waals surface area contributed by atoms with Gasteiger partial charge in [-0.25, -0.2) is 13.2 Å². The van der Waals surface area contributed by atoms with Crippen LogP contribution in [-0.4, -0.2) is 87.3 Å². The molecule has 1 aromatic carbocycles. The first-order chi connectivity index (χ1) is 15.7. The van der Waals surface area contributed by atoms with Gasteiger partial charge in [-0.1, -0.05) is 5.16 Å². The smallest absolute Gasteiger partial charge is 0.167 e. The quantitative estimate of drug-likeness (QED) is 0.382. The van der Waals surface area contributed by atoms with Gasteiger partial charge >= 0.3 is 0 Å². The fourth-order valence-corrected chi connectivity index (χ4v) is 3.75. The van der Waals surface area contributed by atoms with E-state index < -0.39 is 42.2 Å². The summed E-state index contributed by atoms with van der Waals surface area (Å²) in [5, 5.41) is 42.9. The van der Waals surface area contributed by atoms with Crippen molar-refractivity contribution in [1.29, 1.82) is 0 Å². The molecule has 0 amide bonds. The van der Waals surface area contributed by atoms with Crippen LogP contribution in [-0.2, 0) is 11.3 Å². The monoisotopic (exact) mass is 474 g/mol. The molecule has 184 valence electrons. The largest absolute Gasteiger partial charge is 0.389 e. The van der Waals surface area contributed by atoms with Crippen LogP contribution in [0, 0.1) is 11.6 Å². The molecule has 33 heavy (non-hydrogen) atoms. The van der Waals surface area contributed by atoms with E-state index in [-0.39, 0.29) is 44.0 Å². The Bertz CT molecular complexity index is 849. The van der Waals surface area contributed by atoms with E-state index >= 15 is 0 Å². The van der Waals surface area contributed by atoms with Gasteiger partial charge in [0.05, 0.1) is 25.4 Å². The van der Waals surface area contributed by atoms with Crippen molar-refractivity contribution in [3.05, 3.63) is 41.6 Å². The van der Waals surface area contributed by atoms with Crippen LogP contribution in [0.3, 0.4) is 0 Å². The summed E-state index contributed by atoms with van der Waals surface area (Å²) in [6.07, 6.45) is -4.98. The standard InChI is InChI=1S/C22H29F3N2O6/c23-14(3-1-2-4-27-9-18(28)21(30)22(31)19(29)10-27)11-32-12-17-8-20(33-26-17)13-5-15(24)7-16(25)6-13/h5-8,14,18-19,21-22,28-31H,1-4,9-12H2/t14?,18-,19-,21+,22+/m0/s1. The van der Waals surface area contributed by atoms with Crippen molar-refractivity contribution in [1.82, 2.24) is 10.1 Å². The number of aliphatic hydroxyl groups excluding tert-OH is 4. The average molecular weight is 474 g/mol. The lowest BCUT2D eigenvalue weighted by molar-refractivity contribution is -0.0894. The molecule has 4 N–H and O–H groups in total. The Morgan fingerprint density at radius 3 is 2.27 bits per heavy atom. The zero-order chi connectivity index (χ0) is 24.0. The Hall–Kier alpha value is -2.02. The fourth-order valence-electron chi connectivity index (χ4n) is 3.75. The first-order valence-corrected chi connectivity index (χ1v) is 10.8. The summed E-state index contributed by atoms with van der Waals surface area (Å²) in [5.41, 5.74) is 0.563. The summed E-state index contributed by atoms with van der Waals surface area (Å²) in [5.74, 6) is -1.30. The second kappa shape index (κ2) is 11.9. The number of nitrogens with zero attached hydrogens (tertiary/aromatic N) is 2. The van der Waals surface area contributed by atoms with Crippen LogP contribution < -0.4 is 0 Å². The zero-order valence-corrected chi connectivity index (χ0v) is 18.0. The Labute approximate surface area is 189 Å². The first-order valence-electron chi connectivity index (χ1n) is 10.8. The molecule has 5 atom stereocenters. The molecule has 3 rings (SSSR count). The van der Waals surface area contributed by atoms with Gasteiger partial charge < -0.3 is 29.7 Å². The second-order valence-corrected chi connectivity index (χ2v) is 8.32. The summed E-state index contributed by atoms with van der Waals surface area (Å²) >= 11 is 0. The van der Waals surface area contributed by atoms with Crippen LogP contribution in [0.2, 0.25) is 0 Å². The number of benzene rings is 1. The molecular formula is C22H29F3N2O6. The maximum atomic E-state index is 14.1. The van der Waals surface area contributed by atoms with Crippen molar-refractivity contribution in [2.75, 3.05) is 26.2 Å². The third-order valence-electron chi connectivity index (χ3n) is 5.53. The van der Waals surface area contributed by atoms with Crippen LogP contribution in [0.4, 0.5) is 13.2 Å².